The Morgan fingerprint density at radius 2 is 1.72 bits per heavy atom. The van der Waals surface area contributed by atoms with E-state index in [0.29, 0.717) is 89.6 Å². The van der Waals surface area contributed by atoms with Crippen molar-refractivity contribution in [2.24, 2.45) is 5.92 Å². The zero-order chi connectivity index (χ0) is 45.0. The lowest BCUT2D eigenvalue weighted by Crippen LogP contribution is -2.41. The number of hydrogen-bond acceptors (Lipinski definition) is 10. The van der Waals surface area contributed by atoms with E-state index in [9.17, 15) is 13.8 Å². The first-order valence-electron chi connectivity index (χ1n) is 21.3. The van der Waals surface area contributed by atoms with Crippen molar-refractivity contribution in [2.75, 3.05) is 33.1 Å². The van der Waals surface area contributed by atoms with Gasteiger partial charge in [0.15, 0.2) is 5.82 Å². The lowest BCUT2D eigenvalue weighted by molar-refractivity contribution is 0.0663. The van der Waals surface area contributed by atoms with Crippen molar-refractivity contribution in [1.29, 1.82) is 4.78 Å². The Bertz CT molecular complexity index is 3250. The van der Waals surface area contributed by atoms with Crippen molar-refractivity contribution in [3.8, 4) is 22.9 Å². The van der Waals surface area contributed by atoms with Crippen molar-refractivity contribution < 1.29 is 27.4 Å². The summed E-state index contributed by atoms with van der Waals surface area (Å²) in [6.07, 6.45) is 7.29. The van der Waals surface area contributed by atoms with Gasteiger partial charge in [-0.15, -0.1) is 0 Å². The molecule has 1 aliphatic carbocycles. The molecular formula is C46H48FN9O7S. The minimum Gasteiger partial charge on any atom is -0.495 e. The number of amides is 1. The Morgan fingerprint density at radius 3 is 2.38 bits per heavy atom. The molecule has 64 heavy (non-hydrogen) atoms. The first-order chi connectivity index (χ1) is 30.6. The van der Waals surface area contributed by atoms with Crippen LogP contribution in [0.5, 0.6) is 5.75 Å². The van der Waals surface area contributed by atoms with Crippen LogP contribution in [-0.4, -0.2) is 81.8 Å². The van der Waals surface area contributed by atoms with E-state index in [1.54, 1.807) is 60.1 Å². The number of nitrogens with one attached hydrogen (secondary N) is 2. The molecule has 10 rings (SSSR count). The molecule has 6 heterocycles. The van der Waals surface area contributed by atoms with Gasteiger partial charge in [-0.25, -0.2) is 27.6 Å². The molecule has 4 aromatic heterocycles. The number of benzene rings is 3. The number of nitrogens with zero attached hydrogens (tertiary/aromatic N) is 7. The highest BCUT2D eigenvalue weighted by molar-refractivity contribution is 7.91. The van der Waals surface area contributed by atoms with Gasteiger partial charge in [0.05, 0.1) is 44.8 Å². The Hall–Kier alpha value is -6.53. The monoisotopic (exact) mass is 889 g/mol. The second-order valence-electron chi connectivity index (χ2n) is 17.5. The third-order valence-electron chi connectivity index (χ3n) is 13.5. The molecule has 0 bridgehead atoms. The topological polar surface area (TPSA) is 188 Å². The van der Waals surface area contributed by atoms with Crippen LogP contribution in [0.15, 0.2) is 86.0 Å². The molecule has 3 aromatic carbocycles. The van der Waals surface area contributed by atoms with Crippen molar-refractivity contribution in [3.63, 3.8) is 0 Å². The summed E-state index contributed by atoms with van der Waals surface area (Å²) in [6, 6.07) is 15.7. The number of methoxy groups -OCH3 is 1. The molecule has 7 aromatic rings. The predicted molar refractivity (Wildman–Crippen MR) is 235 cm³/mol. The highest BCUT2D eigenvalue weighted by atomic mass is 32.2. The van der Waals surface area contributed by atoms with Gasteiger partial charge in [0.25, 0.3) is 5.91 Å². The fourth-order valence-corrected chi connectivity index (χ4v) is 10.9. The third kappa shape index (κ3) is 6.47. The highest BCUT2D eigenvalue weighted by Crippen LogP contribution is 2.56. The van der Waals surface area contributed by atoms with Gasteiger partial charge in [-0.2, -0.15) is 5.10 Å². The lowest BCUT2D eigenvalue weighted by atomic mass is 9.91. The summed E-state index contributed by atoms with van der Waals surface area (Å²) < 4.78 is 58.7. The molecule has 0 radical (unpaired) electrons. The molecule has 1 saturated carbocycles. The molecule has 16 nitrogen and oxygen atoms in total. The van der Waals surface area contributed by atoms with Crippen LogP contribution in [-0.2, 0) is 26.4 Å². The van der Waals surface area contributed by atoms with Crippen LogP contribution in [0.2, 0.25) is 0 Å². The zero-order valence-electron chi connectivity index (χ0n) is 36.3. The summed E-state index contributed by atoms with van der Waals surface area (Å²) in [7, 11) is -1.72. The number of imidazole rings is 1. The fraction of sp³-hybridized carbons (Fsp3) is 0.370. The molecule has 0 unspecified atom stereocenters. The lowest BCUT2D eigenvalue weighted by Gasteiger charge is -2.34. The van der Waals surface area contributed by atoms with Crippen LogP contribution in [0.4, 0.5) is 4.39 Å². The maximum Gasteiger partial charge on any atom is 0.438 e. The number of hydrogen-bond donors (Lipinski definition) is 2. The molecule has 4 atom stereocenters. The first kappa shape index (κ1) is 41.5. The summed E-state index contributed by atoms with van der Waals surface area (Å²) in [6.45, 7) is 9.02. The number of aromatic nitrogens is 7. The first-order valence-corrected chi connectivity index (χ1v) is 23.3. The van der Waals surface area contributed by atoms with E-state index in [1.807, 2.05) is 17.6 Å². The van der Waals surface area contributed by atoms with E-state index < -0.39 is 32.8 Å². The van der Waals surface area contributed by atoms with Crippen LogP contribution in [0.3, 0.4) is 0 Å². The number of halogens is 1. The average molecular weight is 890 g/mol. The number of aromatic amines is 1. The summed E-state index contributed by atoms with van der Waals surface area (Å²) in [5.41, 5.74) is 4.19. The summed E-state index contributed by atoms with van der Waals surface area (Å²) >= 11 is 0. The van der Waals surface area contributed by atoms with Gasteiger partial charge in [-0.3, -0.25) is 23.4 Å². The van der Waals surface area contributed by atoms with Gasteiger partial charge in [0.1, 0.15) is 28.6 Å². The number of rotatable bonds is 9. The van der Waals surface area contributed by atoms with Crippen LogP contribution in [0.25, 0.3) is 28.1 Å². The van der Waals surface area contributed by atoms with Gasteiger partial charge in [0.2, 0.25) is 0 Å². The minimum atomic E-state index is -3.13. The Balaban J connectivity index is 1.12. The smallest absolute Gasteiger partial charge is 0.438 e. The normalized spacial score (nSPS) is 21.0. The van der Waals surface area contributed by atoms with E-state index in [1.165, 1.54) is 34.1 Å². The zero-order valence-corrected chi connectivity index (χ0v) is 37.1. The average Bonchev–Trinajstić information content (AvgIpc) is 3.77. The molecule has 2 fully saturated rings. The molecule has 3 aliphatic rings. The third-order valence-corrected chi connectivity index (χ3v) is 14.7. The molecule has 1 saturated heterocycles. The minimum absolute atomic E-state index is 0.00790. The van der Waals surface area contributed by atoms with Crippen LogP contribution < -0.4 is 16.2 Å². The van der Waals surface area contributed by atoms with E-state index in [2.05, 4.69) is 35.3 Å². The molecular weight excluding hydrogens is 842 g/mol. The van der Waals surface area contributed by atoms with Gasteiger partial charge < -0.3 is 18.9 Å². The second kappa shape index (κ2) is 15.0. The second-order valence-corrected chi connectivity index (χ2v) is 19.6. The Morgan fingerprint density at radius 1 is 1.00 bits per heavy atom. The van der Waals surface area contributed by atoms with E-state index >= 15 is 9.18 Å². The highest BCUT2D eigenvalue weighted by Gasteiger charge is 2.59. The number of aryl methyl sites for hydroxylation is 2. The SMILES string of the molecule is COc1cc(-n2ccn(-c3c4c(nn3-c3cc(C)c(F)c(C)c3)CCN(C(=O)c3cc5cc(C6CCOCC6)ccc5n3[C@@]3(c5noc(=O)[nH]5)C[C@@H]3C)[C@H]4C)c2=O)ccc1[S@@](C)(=N)=O. The van der Waals surface area contributed by atoms with Gasteiger partial charge in [-0.05, 0) is 111 Å². The quantitative estimate of drug-likeness (QED) is 0.159. The van der Waals surface area contributed by atoms with E-state index in [0.717, 1.165) is 23.7 Å². The van der Waals surface area contributed by atoms with Crippen molar-refractivity contribution in [1.82, 2.24) is 38.5 Å². The number of fused-ring (bicyclic) bond motifs is 2. The standard InChI is InChI=1S/C46H48FN9O7S/c1-25-19-33(20-26(2)40(25)47)56-41(54-16-15-53(45(54)59)32-8-10-38(64(6,48)60)37(23-32)61-5)39-28(4)52(14-11-34(39)50-56)42(57)36-22-31-21-30(29-12-17-62-18-13-29)7-9-35(31)55(36)46(24-27(46)3)43-49-44(58)63-51-43/h7-10,15-16,19-23,27-29,48H,11-14,17-18,24H2,1-6H3,(H,49,51,58)/t27-,28-,46-,64-/m0/s1. The largest absolute Gasteiger partial charge is 0.495 e. The van der Waals surface area contributed by atoms with Crippen molar-refractivity contribution in [2.45, 2.75) is 75.8 Å². The maximum atomic E-state index is 15.5. The van der Waals surface area contributed by atoms with Gasteiger partial charge in [-0.1, -0.05) is 18.1 Å². The number of carbonyl (C=O) groups is 1. The van der Waals surface area contributed by atoms with E-state index in [4.69, 9.17) is 23.9 Å². The Kier molecular flexibility index (Phi) is 9.75. The summed E-state index contributed by atoms with van der Waals surface area (Å²) in [5, 5.41) is 10.1. The number of carbonyl (C=O) groups excluding carboxylic acids is 1. The molecule has 18 heteroatoms. The molecule has 2 aliphatic heterocycles. The molecule has 0 spiro atoms. The van der Waals surface area contributed by atoms with Crippen molar-refractivity contribution in [3.05, 3.63) is 133 Å². The van der Waals surface area contributed by atoms with Crippen LogP contribution in [0, 0.1) is 30.4 Å². The summed E-state index contributed by atoms with van der Waals surface area (Å²) in [5.74, 6) is 0.00350. The number of H-pyrrole nitrogens is 1. The molecule has 2 N–H and O–H groups in total. The predicted octanol–water partition coefficient (Wildman–Crippen LogP) is 6.68. The number of ether oxygens (including phenoxy) is 2. The van der Waals surface area contributed by atoms with Gasteiger partial charge in [0, 0.05) is 67.4 Å². The maximum absolute atomic E-state index is 15.5. The Labute approximate surface area is 367 Å². The molecule has 332 valence electrons. The molecule has 1 amide bonds. The van der Waals surface area contributed by atoms with E-state index in [-0.39, 0.29) is 28.3 Å². The summed E-state index contributed by atoms with van der Waals surface area (Å²) in [4.78, 5) is 47.3. The fourth-order valence-electron chi connectivity index (χ4n) is 10.1. The van der Waals surface area contributed by atoms with Crippen LogP contribution >= 0.6 is 0 Å². The van der Waals surface area contributed by atoms with Crippen LogP contribution in [0.1, 0.15) is 89.3 Å². The van der Waals surface area contributed by atoms with Crippen molar-refractivity contribution >= 4 is 26.5 Å². The van der Waals surface area contributed by atoms with Gasteiger partial charge >= 0.3 is 11.4 Å².